The molecule has 1 aliphatic carbocycles. The van der Waals surface area contributed by atoms with Crippen molar-refractivity contribution >= 4 is 11.0 Å². The van der Waals surface area contributed by atoms with Gasteiger partial charge in [-0.2, -0.15) is 0 Å². The number of nitrogens with zero attached hydrogens (tertiary/aromatic N) is 3. The van der Waals surface area contributed by atoms with E-state index < -0.39 is 6.04 Å². The van der Waals surface area contributed by atoms with E-state index in [0.717, 1.165) is 44.7 Å². The Bertz CT molecular complexity index is 1430. The molecule has 1 atom stereocenters. The number of benzene rings is 2. The highest BCUT2D eigenvalue weighted by Crippen LogP contribution is 2.49. The summed E-state index contributed by atoms with van der Waals surface area (Å²) in [6.07, 6.45) is 4.79. The Balaban J connectivity index is 1.67. The number of hydrogen-bond acceptors (Lipinski definition) is 4. The maximum atomic E-state index is 12.4. The second-order valence-corrected chi connectivity index (χ2v) is 7.06. The summed E-state index contributed by atoms with van der Waals surface area (Å²) in [5.74, 6) is 0.647. The van der Waals surface area contributed by atoms with Crippen molar-refractivity contribution in [1.29, 1.82) is 0 Å². The fourth-order valence-electron chi connectivity index (χ4n) is 4.31. The number of imidazole rings is 2. The van der Waals surface area contributed by atoms with E-state index in [0.29, 0.717) is 0 Å². The molecule has 7 heteroatoms. The van der Waals surface area contributed by atoms with E-state index in [2.05, 4.69) is 15.0 Å². The molecule has 3 N–H and O–H groups in total. The van der Waals surface area contributed by atoms with Crippen LogP contribution in [0.1, 0.15) is 17.2 Å². The molecule has 29 heavy (non-hydrogen) atoms. The lowest BCUT2D eigenvalue weighted by atomic mass is 9.99. The average Bonchev–Trinajstić information content (AvgIpc) is 3.41. The Hall–Kier alpha value is -4.13. The number of pyridine rings is 1. The van der Waals surface area contributed by atoms with Crippen molar-refractivity contribution in [2.24, 2.45) is 0 Å². The van der Waals surface area contributed by atoms with Crippen LogP contribution in [0, 0.1) is 0 Å². The zero-order valence-corrected chi connectivity index (χ0v) is 15.1. The first kappa shape index (κ1) is 15.9. The highest BCUT2D eigenvalue weighted by Gasteiger charge is 2.34. The van der Waals surface area contributed by atoms with Crippen LogP contribution in [-0.2, 0) is 0 Å². The van der Waals surface area contributed by atoms with E-state index in [1.54, 1.807) is 12.4 Å². The Labute approximate surface area is 164 Å². The predicted molar refractivity (Wildman–Crippen MR) is 109 cm³/mol. The fourth-order valence-corrected chi connectivity index (χ4v) is 4.31. The molecular formula is C22H15N5O2. The molecule has 7 nitrogen and oxygen atoms in total. The third kappa shape index (κ3) is 2.15. The van der Waals surface area contributed by atoms with Gasteiger partial charge in [-0.1, -0.05) is 42.5 Å². The quantitative estimate of drug-likeness (QED) is 0.428. The molecule has 3 heterocycles. The topological polar surface area (TPSA) is 99.6 Å². The lowest BCUT2D eigenvalue weighted by Gasteiger charge is -2.15. The third-order valence-electron chi connectivity index (χ3n) is 5.50. The van der Waals surface area contributed by atoms with Crippen molar-refractivity contribution in [3.8, 4) is 28.4 Å². The van der Waals surface area contributed by atoms with Gasteiger partial charge in [0.2, 0.25) is 5.88 Å². The van der Waals surface area contributed by atoms with Crippen LogP contribution in [0.4, 0.5) is 0 Å². The Morgan fingerprint density at radius 1 is 1.00 bits per heavy atom. The van der Waals surface area contributed by atoms with E-state index in [-0.39, 0.29) is 11.6 Å². The zero-order chi connectivity index (χ0) is 19.5. The molecule has 3 aromatic heterocycles. The van der Waals surface area contributed by atoms with Gasteiger partial charge in [0, 0.05) is 11.8 Å². The van der Waals surface area contributed by atoms with Crippen molar-refractivity contribution in [2.45, 2.75) is 6.04 Å². The molecule has 0 amide bonds. The summed E-state index contributed by atoms with van der Waals surface area (Å²) in [6, 6.07) is 15.4. The molecule has 0 fully saturated rings. The van der Waals surface area contributed by atoms with Crippen LogP contribution >= 0.6 is 0 Å². The molecular weight excluding hydrogens is 366 g/mol. The maximum Gasteiger partial charge on any atom is 0.329 e. The van der Waals surface area contributed by atoms with Gasteiger partial charge in [0.1, 0.15) is 5.82 Å². The third-order valence-corrected chi connectivity index (χ3v) is 5.50. The SMILES string of the molecule is O=c1[nH]cc(O)n1C1c2ccccc2-c2c(-c3nc4ccncc4[nH]3)cccc21. The van der Waals surface area contributed by atoms with Gasteiger partial charge >= 0.3 is 5.69 Å². The second kappa shape index (κ2) is 5.68. The largest absolute Gasteiger partial charge is 0.493 e. The van der Waals surface area contributed by atoms with Crippen molar-refractivity contribution in [1.82, 2.24) is 24.5 Å². The summed E-state index contributed by atoms with van der Waals surface area (Å²) in [5, 5.41) is 10.3. The van der Waals surface area contributed by atoms with Gasteiger partial charge in [0.15, 0.2) is 0 Å². The number of rotatable bonds is 2. The van der Waals surface area contributed by atoms with E-state index >= 15 is 0 Å². The number of fused-ring (bicyclic) bond motifs is 4. The normalized spacial score (nSPS) is 14.8. The van der Waals surface area contributed by atoms with Gasteiger partial charge in [-0.25, -0.2) is 9.78 Å². The fraction of sp³-hybridized carbons (Fsp3) is 0.0455. The number of H-pyrrole nitrogens is 2. The summed E-state index contributed by atoms with van der Waals surface area (Å²) in [7, 11) is 0. The van der Waals surface area contributed by atoms with E-state index in [1.165, 1.54) is 10.8 Å². The van der Waals surface area contributed by atoms with Gasteiger partial charge in [-0.15, -0.1) is 0 Å². The van der Waals surface area contributed by atoms with Gasteiger partial charge in [0.05, 0.1) is 29.5 Å². The predicted octanol–water partition coefficient (Wildman–Crippen LogP) is 3.44. The first-order chi connectivity index (χ1) is 14.2. The summed E-state index contributed by atoms with van der Waals surface area (Å²) >= 11 is 0. The number of hydrogen-bond donors (Lipinski definition) is 3. The molecule has 0 aliphatic heterocycles. The average molecular weight is 381 g/mol. The number of aromatic amines is 2. The minimum absolute atomic E-state index is 0.0946. The van der Waals surface area contributed by atoms with Crippen LogP contribution in [0.5, 0.6) is 5.88 Å². The Morgan fingerprint density at radius 3 is 2.66 bits per heavy atom. The van der Waals surface area contributed by atoms with Crippen LogP contribution < -0.4 is 5.69 Å². The molecule has 6 rings (SSSR count). The highest BCUT2D eigenvalue weighted by atomic mass is 16.3. The molecule has 5 aromatic rings. The first-order valence-corrected chi connectivity index (χ1v) is 9.23. The van der Waals surface area contributed by atoms with Crippen molar-refractivity contribution in [3.05, 3.63) is 88.7 Å². The molecule has 0 saturated carbocycles. The van der Waals surface area contributed by atoms with Gasteiger partial charge in [0.25, 0.3) is 0 Å². The molecule has 140 valence electrons. The maximum absolute atomic E-state index is 12.4. The zero-order valence-electron chi connectivity index (χ0n) is 15.1. The monoisotopic (exact) mass is 381 g/mol. The highest BCUT2D eigenvalue weighted by molar-refractivity contribution is 5.91. The van der Waals surface area contributed by atoms with Crippen LogP contribution in [0.15, 0.2) is 71.9 Å². The van der Waals surface area contributed by atoms with E-state index in [4.69, 9.17) is 4.98 Å². The lowest BCUT2D eigenvalue weighted by Crippen LogP contribution is -2.22. The van der Waals surface area contributed by atoms with E-state index in [9.17, 15) is 9.90 Å². The van der Waals surface area contributed by atoms with Crippen molar-refractivity contribution in [3.63, 3.8) is 0 Å². The van der Waals surface area contributed by atoms with Crippen LogP contribution in [0.3, 0.4) is 0 Å². The Kier molecular flexibility index (Phi) is 3.11. The molecule has 0 radical (unpaired) electrons. The molecule has 0 spiro atoms. The van der Waals surface area contributed by atoms with Crippen molar-refractivity contribution in [2.75, 3.05) is 0 Å². The second-order valence-electron chi connectivity index (χ2n) is 7.06. The first-order valence-electron chi connectivity index (χ1n) is 9.23. The molecule has 0 saturated heterocycles. The summed E-state index contributed by atoms with van der Waals surface area (Å²) in [4.78, 5) is 27.2. The molecule has 2 aromatic carbocycles. The van der Waals surface area contributed by atoms with Gasteiger partial charge in [-0.3, -0.25) is 9.55 Å². The van der Waals surface area contributed by atoms with Gasteiger partial charge in [-0.05, 0) is 28.3 Å². The number of nitrogens with one attached hydrogen (secondary N) is 2. The van der Waals surface area contributed by atoms with Crippen LogP contribution in [0.2, 0.25) is 0 Å². The molecule has 1 aliphatic rings. The molecule has 0 bridgehead atoms. The minimum Gasteiger partial charge on any atom is -0.493 e. The smallest absolute Gasteiger partial charge is 0.329 e. The molecule has 1 unspecified atom stereocenters. The van der Waals surface area contributed by atoms with Crippen molar-refractivity contribution < 1.29 is 5.11 Å². The minimum atomic E-state index is -0.411. The standard InChI is InChI=1S/C22H15N5O2/c28-18-11-24-22(29)27(18)20-13-5-2-1-4-12(13)19-14(20)6-3-7-15(19)21-25-16-8-9-23-10-17(16)26-21/h1-11,20,28H,(H,24,29)(H,25,26). The van der Waals surface area contributed by atoms with Gasteiger partial charge < -0.3 is 15.1 Å². The van der Waals surface area contributed by atoms with E-state index in [1.807, 2.05) is 48.5 Å². The summed E-state index contributed by atoms with van der Waals surface area (Å²) < 4.78 is 1.39. The number of aromatic nitrogens is 5. The van der Waals surface area contributed by atoms with Crippen LogP contribution in [0.25, 0.3) is 33.5 Å². The summed E-state index contributed by atoms with van der Waals surface area (Å²) in [5.41, 5.74) is 6.23. The Morgan fingerprint density at radius 2 is 1.83 bits per heavy atom. The number of aromatic hydroxyl groups is 1. The summed E-state index contributed by atoms with van der Waals surface area (Å²) in [6.45, 7) is 0. The lowest BCUT2D eigenvalue weighted by molar-refractivity contribution is 0.410. The van der Waals surface area contributed by atoms with Crippen LogP contribution in [-0.4, -0.2) is 29.6 Å².